The summed E-state index contributed by atoms with van der Waals surface area (Å²) in [6.45, 7) is 0. The predicted molar refractivity (Wildman–Crippen MR) is 91.2 cm³/mol. The molecule has 5 nitrogen and oxygen atoms in total. The minimum absolute atomic E-state index is 0. The summed E-state index contributed by atoms with van der Waals surface area (Å²) in [5, 5.41) is 9.80. The van der Waals surface area contributed by atoms with Crippen LogP contribution in [0.4, 0.5) is 5.69 Å². The van der Waals surface area contributed by atoms with E-state index < -0.39 is 5.97 Å². The summed E-state index contributed by atoms with van der Waals surface area (Å²) >= 11 is 0. The van der Waals surface area contributed by atoms with Gasteiger partial charge in [0.05, 0.1) is 5.52 Å². The predicted octanol–water partition coefficient (Wildman–Crippen LogP) is -0.385. The summed E-state index contributed by atoms with van der Waals surface area (Å²) in [7, 11) is 0. The van der Waals surface area contributed by atoms with Crippen LogP contribution in [0.25, 0.3) is 10.9 Å². The van der Waals surface area contributed by atoms with Gasteiger partial charge in [-0.2, -0.15) is 0 Å². The van der Waals surface area contributed by atoms with Crippen LogP contribution in [0.1, 0.15) is 28.8 Å². The number of benzene rings is 2. The average molecular weight is 359 g/mol. The van der Waals surface area contributed by atoms with E-state index in [4.69, 9.17) is 5.11 Å². The smallest absolute Gasteiger partial charge is 0.303 e. The molecule has 0 amide bonds. The number of hydrogen-bond acceptors (Lipinski definition) is 2. The zero-order chi connectivity index (χ0) is 17.1. The van der Waals surface area contributed by atoms with Crippen molar-refractivity contribution in [3.05, 3.63) is 65.9 Å². The molecule has 0 fully saturated rings. The molecule has 0 aliphatic rings. The van der Waals surface area contributed by atoms with Gasteiger partial charge in [0.2, 0.25) is 0 Å². The number of aliphatic carboxylic acids is 1. The number of carboxylic acid groups (broad SMARTS) is 1. The van der Waals surface area contributed by atoms with E-state index in [0.717, 1.165) is 22.2 Å². The van der Waals surface area contributed by atoms with Crippen LogP contribution in [-0.2, 0) is 11.2 Å². The highest BCUT2D eigenvalue weighted by Gasteiger charge is 2.15. The Hall–Kier alpha value is -2.63. The molecule has 2 aromatic carbocycles. The Morgan fingerprint density at radius 2 is 1.84 bits per heavy atom. The van der Waals surface area contributed by atoms with Crippen molar-refractivity contribution in [3.8, 4) is 0 Å². The molecule has 0 saturated carbocycles. The van der Waals surface area contributed by atoms with E-state index >= 15 is 0 Å². The molecule has 0 aliphatic carbocycles. The lowest BCUT2D eigenvalue weighted by Crippen LogP contribution is -3.00. The number of halogens is 1. The Labute approximate surface area is 151 Å². The average Bonchev–Trinajstić information content (AvgIpc) is 2.93. The summed E-state index contributed by atoms with van der Waals surface area (Å²) in [6.07, 6.45) is 3.12. The van der Waals surface area contributed by atoms with Gasteiger partial charge >= 0.3 is 5.97 Å². The molecule has 25 heavy (non-hydrogen) atoms. The van der Waals surface area contributed by atoms with Crippen molar-refractivity contribution >= 4 is 28.5 Å². The monoisotopic (exact) mass is 358 g/mol. The van der Waals surface area contributed by atoms with Crippen LogP contribution in [-0.4, -0.2) is 21.6 Å². The molecule has 0 saturated heterocycles. The van der Waals surface area contributed by atoms with Crippen LogP contribution in [0.3, 0.4) is 0 Å². The highest BCUT2D eigenvalue weighted by atomic mass is 35.5. The van der Waals surface area contributed by atoms with E-state index in [9.17, 15) is 9.59 Å². The third kappa shape index (κ3) is 4.07. The maximum Gasteiger partial charge on any atom is 0.303 e. The first-order valence-corrected chi connectivity index (χ1v) is 7.84. The molecule has 0 unspecified atom stereocenters. The molecule has 0 atom stereocenters. The number of aryl methyl sites for hydroxylation is 1. The summed E-state index contributed by atoms with van der Waals surface area (Å²) < 4.78 is 1.64. The van der Waals surface area contributed by atoms with E-state index in [1.807, 2.05) is 42.6 Å². The van der Waals surface area contributed by atoms with Gasteiger partial charge < -0.3 is 23.2 Å². The number of aromatic nitrogens is 1. The first kappa shape index (κ1) is 18.7. The van der Waals surface area contributed by atoms with Crippen molar-refractivity contribution in [3.63, 3.8) is 0 Å². The quantitative estimate of drug-likeness (QED) is 0.651. The highest BCUT2D eigenvalue weighted by molar-refractivity contribution is 6.03. The second kappa shape index (κ2) is 7.96. The Morgan fingerprint density at radius 3 is 2.56 bits per heavy atom. The van der Waals surface area contributed by atoms with Crippen LogP contribution >= 0.6 is 0 Å². The number of rotatable bonds is 5. The standard InChI is InChI=1S/C19H18N2O3.ClH/c20-15-7-3-5-13(11-15)19(24)21-12-14(6-4-10-18(22)23)16-8-1-2-9-17(16)21;/h1-3,5,7-9,11-12H,4,6,10,20H2,(H,22,23);1H. The summed E-state index contributed by atoms with van der Waals surface area (Å²) in [6, 6.07) is 14.9. The van der Waals surface area contributed by atoms with Crippen LogP contribution in [0, 0.1) is 0 Å². The fraction of sp³-hybridized carbons (Fsp3) is 0.158. The molecule has 0 spiro atoms. The fourth-order valence-electron chi connectivity index (χ4n) is 2.89. The number of para-hydroxylation sites is 1. The Bertz CT molecular complexity index is 918. The van der Waals surface area contributed by atoms with Crippen molar-refractivity contribution in [1.82, 2.24) is 4.57 Å². The summed E-state index contributed by atoms with van der Waals surface area (Å²) in [5.74, 6) is -0.914. The van der Waals surface area contributed by atoms with Crippen LogP contribution in [0.2, 0.25) is 0 Å². The number of carbonyl (C=O) groups is 2. The molecule has 0 aliphatic heterocycles. The zero-order valence-electron chi connectivity index (χ0n) is 13.6. The van der Waals surface area contributed by atoms with Crippen molar-refractivity contribution in [2.45, 2.75) is 19.3 Å². The van der Waals surface area contributed by atoms with E-state index in [1.54, 1.807) is 16.7 Å². The van der Waals surface area contributed by atoms with Crippen molar-refractivity contribution in [2.24, 2.45) is 0 Å². The minimum Gasteiger partial charge on any atom is -1.00 e. The number of carboxylic acids is 1. The van der Waals surface area contributed by atoms with Crippen LogP contribution in [0.15, 0.2) is 54.7 Å². The van der Waals surface area contributed by atoms with Gasteiger partial charge in [0.25, 0.3) is 5.91 Å². The zero-order valence-corrected chi connectivity index (χ0v) is 14.4. The maximum atomic E-state index is 12.8. The lowest BCUT2D eigenvalue weighted by Gasteiger charge is -2.04. The third-order valence-corrected chi connectivity index (χ3v) is 4.02. The molecule has 4 N–H and O–H groups in total. The second-order valence-electron chi connectivity index (χ2n) is 5.79. The third-order valence-electron chi connectivity index (χ3n) is 4.02. The first-order chi connectivity index (χ1) is 11.6. The maximum absolute atomic E-state index is 12.8. The normalized spacial score (nSPS) is 10.4. The number of fused-ring (bicyclic) bond motifs is 1. The van der Waals surface area contributed by atoms with Crippen LogP contribution in [0.5, 0.6) is 0 Å². The molecule has 6 heteroatoms. The largest absolute Gasteiger partial charge is 1.00 e. The van der Waals surface area contributed by atoms with Gasteiger partial charge in [0.1, 0.15) is 5.69 Å². The molecule has 0 bridgehead atoms. The van der Waals surface area contributed by atoms with E-state index in [1.165, 1.54) is 0 Å². The molecule has 1 aromatic heterocycles. The molecule has 3 rings (SSSR count). The van der Waals surface area contributed by atoms with Crippen LogP contribution < -0.4 is 18.1 Å². The summed E-state index contributed by atoms with van der Waals surface area (Å²) in [4.78, 5) is 23.6. The molecular weight excluding hydrogens is 340 g/mol. The minimum atomic E-state index is -0.804. The SMILES string of the molecule is [Cl-].[NH3+]c1cccc(C(=O)n2cc(CCCC(=O)O)c3ccccc32)c1. The number of nitrogens with zero attached hydrogens (tertiary/aromatic N) is 1. The second-order valence-corrected chi connectivity index (χ2v) is 5.79. The number of carbonyl (C=O) groups excluding carboxylic acids is 1. The highest BCUT2D eigenvalue weighted by Crippen LogP contribution is 2.24. The topological polar surface area (TPSA) is 86.9 Å². The fourth-order valence-corrected chi connectivity index (χ4v) is 2.89. The van der Waals surface area contributed by atoms with E-state index in [2.05, 4.69) is 5.73 Å². The molecule has 0 radical (unpaired) electrons. The lowest BCUT2D eigenvalue weighted by molar-refractivity contribution is -0.254. The van der Waals surface area contributed by atoms with Gasteiger partial charge in [-0.3, -0.25) is 14.2 Å². The van der Waals surface area contributed by atoms with Gasteiger partial charge in [0.15, 0.2) is 0 Å². The van der Waals surface area contributed by atoms with Crippen molar-refractivity contribution in [1.29, 1.82) is 0 Å². The molecular formula is C19H19ClN2O3. The van der Waals surface area contributed by atoms with Crippen molar-refractivity contribution < 1.29 is 32.8 Å². The number of hydrogen-bond donors (Lipinski definition) is 2. The van der Waals surface area contributed by atoms with Gasteiger partial charge in [-0.1, -0.05) is 24.3 Å². The van der Waals surface area contributed by atoms with Gasteiger partial charge in [0, 0.05) is 29.6 Å². The van der Waals surface area contributed by atoms with Gasteiger partial charge in [-0.05, 0) is 36.6 Å². The Morgan fingerprint density at radius 1 is 1.08 bits per heavy atom. The molecule has 1 heterocycles. The summed E-state index contributed by atoms with van der Waals surface area (Å²) in [5.41, 5.74) is 7.07. The van der Waals surface area contributed by atoms with E-state index in [0.29, 0.717) is 18.4 Å². The lowest BCUT2D eigenvalue weighted by atomic mass is 10.1. The van der Waals surface area contributed by atoms with Crippen molar-refractivity contribution in [2.75, 3.05) is 0 Å². The Balaban J connectivity index is 0.00000225. The Kier molecular flexibility index (Phi) is 5.96. The molecule has 3 aromatic rings. The number of quaternary nitrogens is 1. The molecule has 130 valence electrons. The van der Waals surface area contributed by atoms with Gasteiger partial charge in [-0.25, -0.2) is 0 Å². The van der Waals surface area contributed by atoms with Gasteiger partial charge in [-0.15, -0.1) is 0 Å². The van der Waals surface area contributed by atoms with E-state index in [-0.39, 0.29) is 24.7 Å². The first-order valence-electron chi connectivity index (χ1n) is 7.84.